The van der Waals surface area contributed by atoms with E-state index < -0.39 is 15.9 Å². The first-order valence-corrected chi connectivity index (χ1v) is 10.7. The van der Waals surface area contributed by atoms with Gasteiger partial charge in [-0.2, -0.15) is 5.26 Å². The van der Waals surface area contributed by atoms with Gasteiger partial charge in [0.15, 0.2) is 11.5 Å². The Hall–Kier alpha value is -4.43. The van der Waals surface area contributed by atoms with Crippen molar-refractivity contribution in [2.75, 3.05) is 16.8 Å². The quantitative estimate of drug-likeness (QED) is 0.432. The summed E-state index contributed by atoms with van der Waals surface area (Å²) in [7, 11) is -3.90. The van der Waals surface area contributed by atoms with Crippen molar-refractivity contribution >= 4 is 33.6 Å². The number of sulfonamides is 1. The third-order valence-electron chi connectivity index (χ3n) is 4.29. The van der Waals surface area contributed by atoms with Gasteiger partial charge >= 0.3 is 0 Å². The molecular formula is C21H15N5O5S. The number of hydrogen-bond donors (Lipinski definition) is 2. The highest BCUT2D eigenvalue weighted by Crippen LogP contribution is 2.33. The molecule has 11 heteroatoms. The van der Waals surface area contributed by atoms with Gasteiger partial charge < -0.3 is 14.8 Å². The van der Waals surface area contributed by atoms with Crippen molar-refractivity contribution in [2.45, 2.75) is 4.90 Å². The molecule has 2 aromatic carbocycles. The number of aromatic nitrogens is 2. The Bertz CT molecular complexity index is 1330. The summed E-state index contributed by atoms with van der Waals surface area (Å²) in [5, 5.41) is 12.0. The SMILES string of the molecule is N#CC(=Cc1ccc2c(c1)OCO2)C(=O)Nc1ccc(S(=O)(=O)Nc2ncccn2)cc1. The van der Waals surface area contributed by atoms with Crippen LogP contribution in [0.3, 0.4) is 0 Å². The van der Waals surface area contributed by atoms with Crippen LogP contribution in [-0.4, -0.2) is 31.1 Å². The number of amides is 1. The van der Waals surface area contributed by atoms with Gasteiger partial charge in [-0.25, -0.2) is 23.1 Å². The molecule has 0 aliphatic carbocycles. The highest BCUT2D eigenvalue weighted by Gasteiger charge is 2.17. The molecule has 2 heterocycles. The number of nitrogens with zero attached hydrogens (tertiary/aromatic N) is 3. The molecule has 1 aromatic heterocycles. The van der Waals surface area contributed by atoms with Gasteiger partial charge in [0.05, 0.1) is 4.90 Å². The van der Waals surface area contributed by atoms with Gasteiger partial charge in [0.25, 0.3) is 15.9 Å². The Morgan fingerprint density at radius 3 is 2.50 bits per heavy atom. The monoisotopic (exact) mass is 449 g/mol. The van der Waals surface area contributed by atoms with Crippen molar-refractivity contribution < 1.29 is 22.7 Å². The van der Waals surface area contributed by atoms with Crippen LogP contribution in [0.2, 0.25) is 0 Å². The molecule has 160 valence electrons. The van der Waals surface area contributed by atoms with Gasteiger partial charge in [0.2, 0.25) is 12.7 Å². The Morgan fingerprint density at radius 1 is 1.06 bits per heavy atom. The maximum Gasteiger partial charge on any atom is 0.266 e. The van der Waals surface area contributed by atoms with Crippen LogP contribution in [0.4, 0.5) is 11.6 Å². The van der Waals surface area contributed by atoms with Crippen LogP contribution >= 0.6 is 0 Å². The van der Waals surface area contributed by atoms with Crippen molar-refractivity contribution in [3.63, 3.8) is 0 Å². The minimum absolute atomic E-state index is 0.0423. The molecule has 0 saturated heterocycles. The molecule has 1 aliphatic heterocycles. The lowest BCUT2D eigenvalue weighted by atomic mass is 10.1. The summed E-state index contributed by atoms with van der Waals surface area (Å²) in [5.74, 6) is 0.421. The third kappa shape index (κ3) is 4.66. The smallest absolute Gasteiger partial charge is 0.266 e. The zero-order valence-electron chi connectivity index (χ0n) is 16.3. The van der Waals surface area contributed by atoms with Crippen molar-refractivity contribution in [3.8, 4) is 17.6 Å². The number of carbonyl (C=O) groups excluding carboxylic acids is 1. The van der Waals surface area contributed by atoms with E-state index in [2.05, 4.69) is 20.0 Å². The number of anilines is 2. The van der Waals surface area contributed by atoms with E-state index in [4.69, 9.17) is 9.47 Å². The molecule has 1 aliphatic rings. The topological polar surface area (TPSA) is 143 Å². The van der Waals surface area contributed by atoms with E-state index in [0.717, 1.165) is 0 Å². The molecule has 2 N–H and O–H groups in total. The van der Waals surface area contributed by atoms with Gasteiger partial charge in [0.1, 0.15) is 11.6 Å². The van der Waals surface area contributed by atoms with Crippen LogP contribution in [0.1, 0.15) is 5.56 Å². The van der Waals surface area contributed by atoms with E-state index in [1.807, 2.05) is 6.07 Å². The van der Waals surface area contributed by atoms with Crippen molar-refractivity contribution in [1.82, 2.24) is 9.97 Å². The Labute approximate surface area is 183 Å². The summed E-state index contributed by atoms with van der Waals surface area (Å²) in [5.41, 5.74) is 0.775. The van der Waals surface area contributed by atoms with Gasteiger partial charge in [-0.3, -0.25) is 4.79 Å². The minimum atomic E-state index is -3.90. The van der Waals surface area contributed by atoms with E-state index in [1.54, 1.807) is 24.3 Å². The summed E-state index contributed by atoms with van der Waals surface area (Å²) in [6.07, 6.45) is 4.24. The van der Waals surface area contributed by atoms with Gasteiger partial charge in [-0.05, 0) is 54.1 Å². The predicted molar refractivity (Wildman–Crippen MR) is 114 cm³/mol. The molecule has 32 heavy (non-hydrogen) atoms. The summed E-state index contributed by atoms with van der Waals surface area (Å²) in [6.45, 7) is 0.119. The largest absolute Gasteiger partial charge is 0.454 e. The summed E-state index contributed by atoms with van der Waals surface area (Å²) < 4.78 is 37.6. The maximum atomic E-state index is 12.5. The van der Waals surface area contributed by atoms with Crippen LogP contribution in [0, 0.1) is 11.3 Å². The molecule has 4 rings (SSSR count). The van der Waals surface area contributed by atoms with Crippen molar-refractivity contribution in [1.29, 1.82) is 5.26 Å². The second-order valence-corrected chi connectivity index (χ2v) is 8.12. The molecule has 0 fully saturated rings. The molecule has 0 saturated carbocycles. The number of nitriles is 1. The number of nitrogens with one attached hydrogen (secondary N) is 2. The predicted octanol–water partition coefficient (Wildman–Crippen LogP) is 2.55. The van der Waals surface area contributed by atoms with E-state index in [1.165, 1.54) is 42.7 Å². The first kappa shape index (κ1) is 20.8. The van der Waals surface area contributed by atoms with Crippen LogP contribution in [-0.2, 0) is 14.8 Å². The number of fused-ring (bicyclic) bond motifs is 1. The molecule has 0 bridgehead atoms. The van der Waals surface area contributed by atoms with Crippen molar-refractivity contribution in [2.24, 2.45) is 0 Å². The maximum absolute atomic E-state index is 12.5. The van der Waals surface area contributed by atoms with E-state index in [9.17, 15) is 18.5 Å². The number of hydrogen-bond acceptors (Lipinski definition) is 8. The second-order valence-electron chi connectivity index (χ2n) is 6.44. The van der Waals surface area contributed by atoms with E-state index in [-0.39, 0.29) is 23.2 Å². The van der Waals surface area contributed by atoms with Gasteiger partial charge in [-0.1, -0.05) is 6.07 Å². The Balaban J connectivity index is 1.46. The normalized spacial score (nSPS) is 12.7. The standard InChI is InChI=1S/C21H15N5O5S/c22-12-15(10-14-2-7-18-19(11-14)31-13-30-18)20(27)25-16-3-5-17(6-4-16)32(28,29)26-21-23-8-1-9-24-21/h1-11H,13H2,(H,25,27)(H,23,24,26). The summed E-state index contributed by atoms with van der Waals surface area (Å²) in [4.78, 5) is 20.1. The Morgan fingerprint density at radius 2 is 1.78 bits per heavy atom. The first-order chi connectivity index (χ1) is 15.4. The van der Waals surface area contributed by atoms with Crippen LogP contribution < -0.4 is 19.5 Å². The van der Waals surface area contributed by atoms with Crippen LogP contribution in [0.5, 0.6) is 11.5 Å². The lowest BCUT2D eigenvalue weighted by Crippen LogP contribution is -2.16. The summed E-state index contributed by atoms with van der Waals surface area (Å²) in [6, 6.07) is 13.9. The molecule has 3 aromatic rings. The lowest BCUT2D eigenvalue weighted by molar-refractivity contribution is -0.112. The summed E-state index contributed by atoms with van der Waals surface area (Å²) >= 11 is 0. The average molecular weight is 449 g/mol. The zero-order valence-corrected chi connectivity index (χ0v) is 17.2. The molecule has 0 radical (unpaired) electrons. The molecule has 1 amide bonds. The van der Waals surface area contributed by atoms with Gasteiger partial charge in [0, 0.05) is 18.1 Å². The van der Waals surface area contributed by atoms with Gasteiger partial charge in [-0.15, -0.1) is 0 Å². The number of ether oxygens (including phenoxy) is 2. The van der Waals surface area contributed by atoms with Crippen molar-refractivity contribution in [3.05, 3.63) is 72.1 Å². The fourth-order valence-corrected chi connectivity index (χ4v) is 3.72. The molecule has 0 unspecified atom stereocenters. The van der Waals surface area contributed by atoms with E-state index in [0.29, 0.717) is 22.7 Å². The van der Waals surface area contributed by atoms with E-state index >= 15 is 0 Å². The molecule has 10 nitrogen and oxygen atoms in total. The van der Waals surface area contributed by atoms with Crippen LogP contribution in [0.15, 0.2) is 71.4 Å². The highest BCUT2D eigenvalue weighted by molar-refractivity contribution is 7.92. The number of benzene rings is 2. The highest BCUT2D eigenvalue weighted by atomic mass is 32.2. The first-order valence-electron chi connectivity index (χ1n) is 9.17. The number of rotatable bonds is 6. The lowest BCUT2D eigenvalue weighted by Gasteiger charge is -2.08. The Kier molecular flexibility index (Phi) is 5.69. The third-order valence-corrected chi connectivity index (χ3v) is 5.63. The number of carbonyl (C=O) groups is 1. The van der Waals surface area contributed by atoms with Crippen LogP contribution in [0.25, 0.3) is 6.08 Å². The average Bonchev–Trinajstić information content (AvgIpc) is 3.26. The minimum Gasteiger partial charge on any atom is -0.454 e. The second kappa shape index (κ2) is 8.75. The fourth-order valence-electron chi connectivity index (χ4n) is 2.76. The molecule has 0 spiro atoms. The molecular weight excluding hydrogens is 434 g/mol. The molecule has 0 atom stereocenters. The zero-order chi connectivity index (χ0) is 22.6. The fraction of sp³-hybridized carbons (Fsp3) is 0.0476.